The van der Waals surface area contributed by atoms with Gasteiger partial charge in [-0.15, -0.1) is 10.2 Å². The number of hydrogen-bond donors (Lipinski definition) is 1. The lowest BCUT2D eigenvalue weighted by Crippen LogP contribution is -2.24. The van der Waals surface area contributed by atoms with Crippen molar-refractivity contribution < 1.29 is 4.79 Å². The van der Waals surface area contributed by atoms with Gasteiger partial charge in [-0.1, -0.05) is 71.9 Å². The first-order valence-corrected chi connectivity index (χ1v) is 10.4. The molecule has 0 unspecified atom stereocenters. The zero-order chi connectivity index (χ0) is 16.5. The van der Waals surface area contributed by atoms with E-state index in [-0.39, 0.29) is 5.91 Å². The number of unbranched alkanes of at least 4 members (excludes halogenated alkanes) is 1. The summed E-state index contributed by atoms with van der Waals surface area (Å²) in [6, 6.07) is 7.47. The van der Waals surface area contributed by atoms with Crippen LogP contribution < -0.4 is 5.32 Å². The van der Waals surface area contributed by atoms with Crippen LogP contribution in [0, 0.1) is 0 Å². The lowest BCUT2D eigenvalue weighted by atomic mass is 10.2. The Bertz CT molecular complexity index is 636. The second kappa shape index (κ2) is 10.2. The van der Waals surface area contributed by atoms with Gasteiger partial charge in [0.15, 0.2) is 8.68 Å². The number of halogens is 1. The Morgan fingerprint density at radius 3 is 2.83 bits per heavy atom. The SMILES string of the molecule is CCCCSc1nnc(SCC(=O)NCc2cccc(Cl)c2)s1. The molecule has 0 aliphatic rings. The van der Waals surface area contributed by atoms with Crippen molar-refractivity contribution in [2.45, 2.75) is 35.0 Å². The monoisotopic (exact) mass is 387 g/mol. The Labute approximate surface area is 153 Å². The first kappa shape index (κ1) is 18.6. The van der Waals surface area contributed by atoms with Gasteiger partial charge in [0.25, 0.3) is 0 Å². The van der Waals surface area contributed by atoms with E-state index in [2.05, 4.69) is 22.4 Å². The van der Waals surface area contributed by atoms with Gasteiger partial charge in [-0.25, -0.2) is 0 Å². The fourth-order valence-corrected chi connectivity index (χ4v) is 4.86. The molecule has 1 aromatic carbocycles. The summed E-state index contributed by atoms with van der Waals surface area (Å²) in [6.07, 6.45) is 2.36. The van der Waals surface area contributed by atoms with E-state index in [1.54, 1.807) is 23.1 Å². The van der Waals surface area contributed by atoms with Crippen LogP contribution in [0.1, 0.15) is 25.3 Å². The Balaban J connectivity index is 1.70. The molecule has 0 saturated carbocycles. The van der Waals surface area contributed by atoms with Crippen molar-refractivity contribution >= 4 is 52.4 Å². The minimum atomic E-state index is -0.0228. The van der Waals surface area contributed by atoms with E-state index in [1.807, 2.05) is 24.3 Å². The Hall–Kier alpha value is -0.760. The molecule has 0 saturated heterocycles. The second-order valence-electron chi connectivity index (χ2n) is 4.73. The predicted octanol–water partition coefficient (Wildman–Crippen LogP) is 4.49. The summed E-state index contributed by atoms with van der Waals surface area (Å²) in [4.78, 5) is 11.9. The van der Waals surface area contributed by atoms with E-state index >= 15 is 0 Å². The quantitative estimate of drug-likeness (QED) is 0.507. The molecule has 0 aliphatic carbocycles. The molecule has 0 atom stereocenters. The van der Waals surface area contributed by atoms with Crippen molar-refractivity contribution in [3.05, 3.63) is 34.9 Å². The van der Waals surface area contributed by atoms with Crippen LogP contribution in [0.4, 0.5) is 0 Å². The number of amides is 1. The third-order valence-electron chi connectivity index (χ3n) is 2.82. The molecule has 1 N–H and O–H groups in total. The van der Waals surface area contributed by atoms with E-state index in [9.17, 15) is 4.79 Å². The number of thioether (sulfide) groups is 2. The van der Waals surface area contributed by atoms with Crippen LogP contribution in [-0.2, 0) is 11.3 Å². The van der Waals surface area contributed by atoms with Gasteiger partial charge in [-0.3, -0.25) is 4.79 Å². The standard InChI is InChI=1S/C15H18ClN3OS3/c1-2-3-7-21-14-18-19-15(23-14)22-10-13(20)17-9-11-5-4-6-12(16)8-11/h4-6,8H,2-3,7,9-10H2,1H3,(H,17,20). The molecule has 0 radical (unpaired) electrons. The maximum absolute atomic E-state index is 11.9. The van der Waals surface area contributed by atoms with E-state index in [4.69, 9.17) is 11.6 Å². The Kier molecular flexibility index (Phi) is 8.22. The minimum Gasteiger partial charge on any atom is -0.351 e. The van der Waals surface area contributed by atoms with Gasteiger partial charge in [0, 0.05) is 17.3 Å². The fourth-order valence-electron chi connectivity index (χ4n) is 1.64. The third-order valence-corrected chi connectivity index (χ3v) is 6.33. The van der Waals surface area contributed by atoms with Crippen LogP contribution in [0.2, 0.25) is 5.02 Å². The molecule has 0 aliphatic heterocycles. The van der Waals surface area contributed by atoms with Gasteiger partial charge < -0.3 is 5.32 Å². The van der Waals surface area contributed by atoms with Crippen molar-refractivity contribution in [3.63, 3.8) is 0 Å². The van der Waals surface area contributed by atoms with Gasteiger partial charge in [0.1, 0.15) is 0 Å². The maximum atomic E-state index is 11.9. The summed E-state index contributed by atoms with van der Waals surface area (Å²) >= 11 is 10.6. The van der Waals surface area contributed by atoms with Crippen LogP contribution >= 0.6 is 46.5 Å². The molecular weight excluding hydrogens is 370 g/mol. The zero-order valence-corrected chi connectivity index (χ0v) is 16.0. The highest BCUT2D eigenvalue weighted by Gasteiger charge is 2.08. The van der Waals surface area contributed by atoms with E-state index < -0.39 is 0 Å². The van der Waals surface area contributed by atoms with Crippen molar-refractivity contribution in [1.29, 1.82) is 0 Å². The highest BCUT2D eigenvalue weighted by molar-refractivity contribution is 8.03. The molecule has 23 heavy (non-hydrogen) atoms. The van der Waals surface area contributed by atoms with Crippen LogP contribution in [0.25, 0.3) is 0 Å². The lowest BCUT2D eigenvalue weighted by molar-refractivity contribution is -0.118. The highest BCUT2D eigenvalue weighted by atomic mass is 35.5. The second-order valence-corrected chi connectivity index (χ2v) is 8.71. The van der Waals surface area contributed by atoms with Crippen molar-refractivity contribution in [2.75, 3.05) is 11.5 Å². The first-order valence-electron chi connectivity index (χ1n) is 7.27. The maximum Gasteiger partial charge on any atom is 0.230 e. The zero-order valence-electron chi connectivity index (χ0n) is 12.8. The van der Waals surface area contributed by atoms with Gasteiger partial charge in [0.2, 0.25) is 5.91 Å². The minimum absolute atomic E-state index is 0.0228. The summed E-state index contributed by atoms with van der Waals surface area (Å²) in [5.74, 6) is 1.38. The van der Waals surface area contributed by atoms with E-state index in [1.165, 1.54) is 24.6 Å². The van der Waals surface area contributed by atoms with Gasteiger partial charge in [-0.2, -0.15) is 0 Å². The van der Waals surface area contributed by atoms with E-state index in [0.29, 0.717) is 17.3 Å². The number of rotatable bonds is 9. The van der Waals surface area contributed by atoms with E-state index in [0.717, 1.165) is 20.0 Å². The summed E-state index contributed by atoms with van der Waals surface area (Å²) in [7, 11) is 0. The fraction of sp³-hybridized carbons (Fsp3) is 0.400. The number of benzene rings is 1. The molecule has 2 aromatic rings. The molecular formula is C15H18ClN3OS3. The summed E-state index contributed by atoms with van der Waals surface area (Å²) in [5.41, 5.74) is 0.987. The molecule has 1 aromatic heterocycles. The van der Waals surface area contributed by atoms with Gasteiger partial charge in [0.05, 0.1) is 5.75 Å². The van der Waals surface area contributed by atoms with Gasteiger partial charge >= 0.3 is 0 Å². The lowest BCUT2D eigenvalue weighted by Gasteiger charge is -2.04. The first-order chi connectivity index (χ1) is 11.2. The summed E-state index contributed by atoms with van der Waals surface area (Å²) in [5, 5.41) is 11.8. The third kappa shape index (κ3) is 7.12. The average molecular weight is 388 g/mol. The number of nitrogens with zero attached hydrogens (tertiary/aromatic N) is 2. The molecule has 4 nitrogen and oxygen atoms in total. The Morgan fingerprint density at radius 1 is 1.30 bits per heavy atom. The summed E-state index contributed by atoms with van der Waals surface area (Å²) in [6.45, 7) is 2.65. The number of carbonyl (C=O) groups is 1. The van der Waals surface area contributed by atoms with Crippen LogP contribution in [0.3, 0.4) is 0 Å². The topological polar surface area (TPSA) is 54.9 Å². The highest BCUT2D eigenvalue weighted by Crippen LogP contribution is 2.29. The predicted molar refractivity (Wildman–Crippen MR) is 99.6 cm³/mol. The number of aromatic nitrogens is 2. The van der Waals surface area contributed by atoms with Crippen molar-refractivity contribution in [2.24, 2.45) is 0 Å². The smallest absolute Gasteiger partial charge is 0.230 e. The molecule has 0 fully saturated rings. The molecule has 1 heterocycles. The molecule has 2 rings (SSSR count). The molecule has 1 amide bonds. The van der Waals surface area contributed by atoms with Crippen LogP contribution in [0.5, 0.6) is 0 Å². The van der Waals surface area contributed by atoms with Crippen LogP contribution in [0.15, 0.2) is 32.9 Å². The Morgan fingerprint density at radius 2 is 2.09 bits per heavy atom. The molecule has 0 spiro atoms. The summed E-state index contributed by atoms with van der Waals surface area (Å²) < 4.78 is 1.81. The molecule has 8 heteroatoms. The molecule has 124 valence electrons. The normalized spacial score (nSPS) is 10.7. The van der Waals surface area contributed by atoms with Gasteiger partial charge in [-0.05, 0) is 24.1 Å². The van der Waals surface area contributed by atoms with Crippen molar-refractivity contribution in [3.8, 4) is 0 Å². The van der Waals surface area contributed by atoms with Crippen LogP contribution in [-0.4, -0.2) is 27.6 Å². The number of carbonyl (C=O) groups excluding carboxylic acids is 1. The average Bonchev–Trinajstić information content (AvgIpc) is 2.99. The molecule has 0 bridgehead atoms. The number of hydrogen-bond acceptors (Lipinski definition) is 6. The largest absolute Gasteiger partial charge is 0.351 e. The number of nitrogens with one attached hydrogen (secondary N) is 1. The van der Waals surface area contributed by atoms with Crippen molar-refractivity contribution in [1.82, 2.24) is 15.5 Å².